The summed E-state index contributed by atoms with van der Waals surface area (Å²) in [5.74, 6) is 0.934. The van der Waals surface area contributed by atoms with Gasteiger partial charge in [-0.3, -0.25) is 5.41 Å². The first-order chi connectivity index (χ1) is 8.97. The van der Waals surface area contributed by atoms with Crippen LogP contribution in [0, 0.1) is 26.2 Å². The lowest BCUT2D eigenvalue weighted by Gasteiger charge is -2.11. The van der Waals surface area contributed by atoms with Gasteiger partial charge in [0, 0.05) is 6.20 Å². The number of nitrogen functional groups attached to an aromatic ring is 1. The van der Waals surface area contributed by atoms with Crippen LogP contribution in [0.3, 0.4) is 0 Å². The number of nitrogens with zero attached hydrogens (tertiary/aromatic N) is 1. The van der Waals surface area contributed by atoms with Crippen LogP contribution in [0.15, 0.2) is 18.3 Å². The van der Waals surface area contributed by atoms with Crippen LogP contribution in [0.1, 0.15) is 26.6 Å². The van der Waals surface area contributed by atoms with Gasteiger partial charge in [0.2, 0.25) is 0 Å². The van der Waals surface area contributed by atoms with E-state index in [9.17, 15) is 0 Å². The third kappa shape index (κ3) is 3.12. The molecule has 0 saturated heterocycles. The molecule has 0 aliphatic rings. The smallest absolute Gasteiger partial charge is 0.140 e. The molecular weight excluding hydrogens is 258 g/mol. The topological polar surface area (TPSA) is 72.0 Å². The van der Waals surface area contributed by atoms with Gasteiger partial charge in [0.1, 0.15) is 23.2 Å². The molecule has 0 amide bonds. The second-order valence-corrected chi connectivity index (χ2v) is 5.64. The highest BCUT2D eigenvalue weighted by molar-refractivity contribution is 7.13. The molecule has 0 saturated carbocycles. The van der Waals surface area contributed by atoms with E-state index < -0.39 is 0 Å². The van der Waals surface area contributed by atoms with Crippen LogP contribution in [0.2, 0.25) is 0 Å². The van der Waals surface area contributed by atoms with Crippen LogP contribution < -0.4 is 10.5 Å². The number of nitrogens with one attached hydrogen (secondary N) is 1. The molecule has 0 aliphatic carbocycles. The van der Waals surface area contributed by atoms with Crippen molar-refractivity contribution in [1.82, 2.24) is 4.98 Å². The van der Waals surface area contributed by atoms with E-state index in [1.807, 2.05) is 13.0 Å². The molecule has 1 aromatic heterocycles. The van der Waals surface area contributed by atoms with Crippen LogP contribution in [-0.2, 0) is 6.61 Å². The minimum Gasteiger partial charge on any atom is -0.486 e. The summed E-state index contributed by atoms with van der Waals surface area (Å²) in [6, 6.07) is 4.17. The van der Waals surface area contributed by atoms with Gasteiger partial charge in [-0.2, -0.15) is 0 Å². The monoisotopic (exact) mass is 275 g/mol. The summed E-state index contributed by atoms with van der Waals surface area (Å²) in [7, 11) is 0. The number of amidine groups is 1. The lowest BCUT2D eigenvalue weighted by molar-refractivity contribution is 0.303. The Labute approximate surface area is 116 Å². The number of aryl methyl sites for hydroxylation is 2. The first kappa shape index (κ1) is 13.5. The molecule has 3 N–H and O–H groups in total. The number of thiazole rings is 1. The minimum atomic E-state index is 0.0475. The molecule has 0 bridgehead atoms. The zero-order chi connectivity index (χ0) is 14.0. The molecule has 0 spiro atoms. The molecule has 0 aliphatic heterocycles. The summed E-state index contributed by atoms with van der Waals surface area (Å²) in [4.78, 5) is 4.88. The van der Waals surface area contributed by atoms with Crippen molar-refractivity contribution in [3.63, 3.8) is 0 Å². The second-order valence-electron chi connectivity index (χ2n) is 4.53. The van der Waals surface area contributed by atoms with E-state index >= 15 is 0 Å². The second kappa shape index (κ2) is 5.40. The van der Waals surface area contributed by atoms with E-state index in [-0.39, 0.29) is 5.84 Å². The Morgan fingerprint density at radius 1 is 1.37 bits per heavy atom. The maximum atomic E-state index is 7.34. The number of hydrogen-bond acceptors (Lipinski definition) is 4. The van der Waals surface area contributed by atoms with Gasteiger partial charge in [0.05, 0.1) is 4.88 Å². The van der Waals surface area contributed by atoms with Crippen molar-refractivity contribution in [2.24, 2.45) is 5.73 Å². The first-order valence-corrected chi connectivity index (χ1v) is 6.78. The van der Waals surface area contributed by atoms with Crippen molar-refractivity contribution in [2.45, 2.75) is 27.4 Å². The third-order valence-corrected chi connectivity index (χ3v) is 3.94. The van der Waals surface area contributed by atoms with Gasteiger partial charge in [-0.05, 0) is 43.5 Å². The van der Waals surface area contributed by atoms with Crippen LogP contribution in [0.25, 0.3) is 0 Å². The largest absolute Gasteiger partial charge is 0.486 e. The molecule has 1 heterocycles. The molecule has 100 valence electrons. The molecule has 2 rings (SSSR count). The summed E-state index contributed by atoms with van der Waals surface area (Å²) >= 11 is 1.39. The van der Waals surface area contributed by atoms with Gasteiger partial charge >= 0.3 is 0 Å². The maximum Gasteiger partial charge on any atom is 0.140 e. The van der Waals surface area contributed by atoms with E-state index in [2.05, 4.69) is 24.9 Å². The maximum absolute atomic E-state index is 7.34. The Balaban J connectivity index is 2.12. The quantitative estimate of drug-likeness (QED) is 0.665. The Morgan fingerprint density at radius 2 is 2.11 bits per heavy atom. The fraction of sp³-hybridized carbons (Fsp3) is 0.286. The lowest BCUT2D eigenvalue weighted by Crippen LogP contribution is -2.08. The van der Waals surface area contributed by atoms with Crippen molar-refractivity contribution in [2.75, 3.05) is 0 Å². The Hall–Kier alpha value is -1.88. The Bertz CT molecular complexity index is 619. The summed E-state index contributed by atoms with van der Waals surface area (Å²) in [5.41, 5.74) is 8.96. The fourth-order valence-electron chi connectivity index (χ4n) is 1.79. The van der Waals surface area contributed by atoms with Crippen LogP contribution in [0.5, 0.6) is 5.75 Å². The Kier molecular flexibility index (Phi) is 3.85. The zero-order valence-electron chi connectivity index (χ0n) is 11.3. The zero-order valence-corrected chi connectivity index (χ0v) is 12.1. The number of ether oxygens (including phenoxy) is 1. The summed E-state index contributed by atoms with van der Waals surface area (Å²) in [5, 5.41) is 8.17. The molecule has 0 atom stereocenters. The van der Waals surface area contributed by atoms with Gasteiger partial charge < -0.3 is 10.5 Å². The van der Waals surface area contributed by atoms with Crippen molar-refractivity contribution >= 4 is 17.2 Å². The van der Waals surface area contributed by atoms with Gasteiger partial charge in [0.15, 0.2) is 0 Å². The van der Waals surface area contributed by atoms with Gasteiger partial charge in [-0.25, -0.2) is 4.98 Å². The summed E-state index contributed by atoms with van der Waals surface area (Å²) < 4.78 is 5.81. The minimum absolute atomic E-state index is 0.0475. The SMILES string of the molecule is Cc1cc(C)c(C)c(OCc2ncc(C(=N)N)s2)c1. The molecule has 0 unspecified atom stereocenters. The molecule has 5 heteroatoms. The normalized spacial score (nSPS) is 10.5. The molecule has 2 aromatic rings. The average molecular weight is 275 g/mol. The fourth-order valence-corrected chi connectivity index (χ4v) is 2.48. The average Bonchev–Trinajstić information content (AvgIpc) is 2.81. The highest BCUT2D eigenvalue weighted by Crippen LogP contribution is 2.24. The number of benzene rings is 1. The first-order valence-electron chi connectivity index (χ1n) is 5.97. The van der Waals surface area contributed by atoms with Gasteiger partial charge in [0.25, 0.3) is 0 Å². The van der Waals surface area contributed by atoms with Crippen molar-refractivity contribution in [3.05, 3.63) is 44.9 Å². The predicted molar refractivity (Wildman–Crippen MR) is 78.1 cm³/mol. The van der Waals surface area contributed by atoms with Crippen molar-refractivity contribution in [1.29, 1.82) is 5.41 Å². The highest BCUT2D eigenvalue weighted by Gasteiger charge is 2.07. The standard InChI is InChI=1S/C14H17N3OS/c1-8-4-9(2)10(3)11(5-8)18-7-13-17-6-12(19-13)14(15)16/h4-6H,7H2,1-3H3,(H3,15,16). The van der Waals surface area contributed by atoms with E-state index in [4.69, 9.17) is 15.9 Å². The van der Waals surface area contributed by atoms with Crippen molar-refractivity contribution in [3.8, 4) is 5.75 Å². The van der Waals surface area contributed by atoms with Crippen LogP contribution >= 0.6 is 11.3 Å². The lowest BCUT2D eigenvalue weighted by atomic mass is 10.1. The molecule has 19 heavy (non-hydrogen) atoms. The number of hydrogen-bond donors (Lipinski definition) is 2. The number of rotatable bonds is 4. The van der Waals surface area contributed by atoms with Crippen molar-refractivity contribution < 1.29 is 4.74 Å². The molecule has 1 aromatic carbocycles. The third-order valence-electron chi connectivity index (χ3n) is 2.93. The predicted octanol–water partition coefficient (Wildman–Crippen LogP) is 2.93. The van der Waals surface area contributed by atoms with E-state index in [0.717, 1.165) is 16.3 Å². The number of aromatic nitrogens is 1. The van der Waals surface area contributed by atoms with E-state index in [1.54, 1.807) is 6.20 Å². The molecule has 0 radical (unpaired) electrons. The van der Waals surface area contributed by atoms with Crippen LogP contribution in [-0.4, -0.2) is 10.8 Å². The van der Waals surface area contributed by atoms with Gasteiger partial charge in [-0.1, -0.05) is 6.07 Å². The van der Waals surface area contributed by atoms with Gasteiger partial charge in [-0.15, -0.1) is 11.3 Å². The molecule has 4 nitrogen and oxygen atoms in total. The molecule has 0 fully saturated rings. The van der Waals surface area contributed by atoms with E-state index in [1.165, 1.54) is 22.5 Å². The Morgan fingerprint density at radius 3 is 2.74 bits per heavy atom. The summed E-state index contributed by atoms with van der Waals surface area (Å²) in [6.07, 6.45) is 1.61. The highest BCUT2D eigenvalue weighted by atomic mass is 32.1. The molecular formula is C14H17N3OS. The van der Waals surface area contributed by atoms with Crippen LogP contribution in [0.4, 0.5) is 0 Å². The van der Waals surface area contributed by atoms with E-state index in [0.29, 0.717) is 11.5 Å². The summed E-state index contributed by atoms with van der Waals surface area (Å²) in [6.45, 7) is 6.58. The number of nitrogens with two attached hydrogens (primary N) is 1.